The average Bonchev–Trinajstić information content (AvgIpc) is 3.16. The van der Waals surface area contributed by atoms with Crippen molar-refractivity contribution < 1.29 is 9.53 Å². The van der Waals surface area contributed by atoms with Gasteiger partial charge in [-0.05, 0) is 30.9 Å². The van der Waals surface area contributed by atoms with Crippen LogP contribution in [0.25, 0.3) is 11.2 Å². The second-order valence-electron chi connectivity index (χ2n) is 9.40. The molecule has 0 spiro atoms. The van der Waals surface area contributed by atoms with Gasteiger partial charge in [0.2, 0.25) is 5.91 Å². The topological polar surface area (TPSA) is 102 Å². The molecule has 3 rings (SSSR count). The minimum atomic E-state index is -0.443. The summed E-state index contributed by atoms with van der Waals surface area (Å²) < 4.78 is 9.22. The molecule has 3 aromatic rings. The van der Waals surface area contributed by atoms with Crippen LogP contribution in [0.3, 0.4) is 0 Å². The maximum atomic E-state index is 12.8. The van der Waals surface area contributed by atoms with Crippen LogP contribution in [0.2, 0.25) is 0 Å². The summed E-state index contributed by atoms with van der Waals surface area (Å²) >= 11 is 0. The Morgan fingerprint density at radius 1 is 1.20 bits per heavy atom. The highest BCUT2D eigenvalue weighted by Crippen LogP contribution is 2.17. The zero-order valence-electron chi connectivity index (χ0n) is 21.5. The number of nitrogens with one attached hydrogen (secondary N) is 1. The van der Waals surface area contributed by atoms with Crippen LogP contribution in [0.1, 0.15) is 51.4 Å². The molecule has 190 valence electrons. The monoisotopic (exact) mass is 483 g/mol. The number of hydrogen-bond acceptors (Lipinski definition) is 5. The fourth-order valence-corrected chi connectivity index (χ4v) is 4.04. The van der Waals surface area contributed by atoms with Gasteiger partial charge in [-0.2, -0.15) is 0 Å². The largest absolute Gasteiger partial charge is 0.491 e. The van der Waals surface area contributed by atoms with Gasteiger partial charge in [0.25, 0.3) is 5.56 Å². The SMILES string of the molecule is CCCCn1c(=O)[nH]c(=O)c2c1nc(CCC(=O)N(C)CCOc1ccccc1C)n2CC(C)C. The predicted octanol–water partition coefficient (Wildman–Crippen LogP) is 3.12. The van der Waals surface area contributed by atoms with E-state index in [2.05, 4.69) is 18.8 Å². The Bertz CT molecular complexity index is 1270. The van der Waals surface area contributed by atoms with E-state index >= 15 is 0 Å². The molecule has 35 heavy (non-hydrogen) atoms. The number of amides is 1. The maximum Gasteiger partial charge on any atom is 0.330 e. The summed E-state index contributed by atoms with van der Waals surface area (Å²) in [6, 6.07) is 7.78. The van der Waals surface area contributed by atoms with Crippen LogP contribution in [0.4, 0.5) is 0 Å². The number of aromatic amines is 1. The molecule has 0 unspecified atom stereocenters. The molecule has 1 amide bonds. The summed E-state index contributed by atoms with van der Waals surface area (Å²) in [6.45, 7) is 10.1. The second kappa shape index (κ2) is 11.9. The van der Waals surface area contributed by atoms with E-state index in [1.54, 1.807) is 11.9 Å². The minimum Gasteiger partial charge on any atom is -0.491 e. The minimum absolute atomic E-state index is 0.0289. The average molecular weight is 484 g/mol. The summed E-state index contributed by atoms with van der Waals surface area (Å²) in [4.78, 5) is 46.8. The Kier molecular flexibility index (Phi) is 8.89. The molecule has 0 saturated carbocycles. The number of rotatable bonds is 12. The van der Waals surface area contributed by atoms with E-state index in [-0.39, 0.29) is 18.2 Å². The molecule has 0 atom stereocenters. The first-order valence-corrected chi connectivity index (χ1v) is 12.4. The number of benzene rings is 1. The van der Waals surface area contributed by atoms with Crippen molar-refractivity contribution in [2.45, 2.75) is 66.5 Å². The van der Waals surface area contributed by atoms with E-state index < -0.39 is 11.2 Å². The van der Waals surface area contributed by atoms with Gasteiger partial charge in [0.1, 0.15) is 18.2 Å². The Balaban J connectivity index is 1.75. The Hall–Kier alpha value is -3.36. The maximum absolute atomic E-state index is 12.8. The summed E-state index contributed by atoms with van der Waals surface area (Å²) in [5.41, 5.74) is 0.972. The lowest BCUT2D eigenvalue weighted by molar-refractivity contribution is -0.130. The molecular weight excluding hydrogens is 446 g/mol. The molecule has 0 saturated heterocycles. The first-order chi connectivity index (χ1) is 16.7. The molecule has 1 aromatic carbocycles. The molecule has 0 radical (unpaired) electrons. The molecule has 0 fully saturated rings. The number of imidazole rings is 1. The van der Waals surface area contributed by atoms with Crippen LogP contribution < -0.4 is 16.0 Å². The zero-order valence-corrected chi connectivity index (χ0v) is 21.5. The van der Waals surface area contributed by atoms with Crippen LogP contribution in [-0.4, -0.2) is 50.1 Å². The van der Waals surface area contributed by atoms with Crippen molar-refractivity contribution in [1.82, 2.24) is 24.0 Å². The van der Waals surface area contributed by atoms with E-state index in [0.717, 1.165) is 24.2 Å². The van der Waals surface area contributed by atoms with Gasteiger partial charge in [-0.25, -0.2) is 9.78 Å². The third-order valence-electron chi connectivity index (χ3n) is 6.01. The first kappa shape index (κ1) is 26.2. The highest BCUT2D eigenvalue weighted by atomic mass is 16.5. The summed E-state index contributed by atoms with van der Waals surface area (Å²) in [7, 11) is 1.76. The van der Waals surface area contributed by atoms with Crippen molar-refractivity contribution in [3.63, 3.8) is 0 Å². The molecule has 2 heterocycles. The number of carbonyl (C=O) groups excluding carboxylic acids is 1. The molecule has 1 N–H and O–H groups in total. The van der Waals surface area contributed by atoms with Crippen molar-refractivity contribution in [3.8, 4) is 5.75 Å². The third kappa shape index (κ3) is 6.41. The van der Waals surface area contributed by atoms with Gasteiger partial charge < -0.3 is 14.2 Å². The van der Waals surface area contributed by atoms with Gasteiger partial charge in [0, 0.05) is 33.0 Å². The highest BCUT2D eigenvalue weighted by Gasteiger charge is 2.20. The predicted molar refractivity (Wildman–Crippen MR) is 137 cm³/mol. The first-order valence-electron chi connectivity index (χ1n) is 12.4. The molecule has 9 nitrogen and oxygen atoms in total. The number of hydrogen-bond donors (Lipinski definition) is 1. The number of para-hydroxylation sites is 1. The summed E-state index contributed by atoms with van der Waals surface area (Å²) in [6.07, 6.45) is 2.35. The van der Waals surface area contributed by atoms with Crippen molar-refractivity contribution in [1.29, 1.82) is 0 Å². The quantitative estimate of drug-likeness (QED) is 0.426. The number of ether oxygens (including phenoxy) is 1. The van der Waals surface area contributed by atoms with Crippen molar-refractivity contribution in [2.24, 2.45) is 5.92 Å². The molecule has 2 aromatic heterocycles. The van der Waals surface area contributed by atoms with Crippen molar-refractivity contribution in [3.05, 3.63) is 56.5 Å². The molecule has 0 aliphatic rings. The summed E-state index contributed by atoms with van der Waals surface area (Å²) in [5, 5.41) is 0. The Labute approximate surface area is 205 Å². The number of unbranched alkanes of at least 4 members (excludes halogenated alkanes) is 1. The lowest BCUT2D eigenvalue weighted by Crippen LogP contribution is -2.31. The summed E-state index contributed by atoms with van der Waals surface area (Å²) in [5.74, 6) is 1.69. The van der Waals surface area contributed by atoms with Crippen LogP contribution >= 0.6 is 0 Å². The number of aryl methyl sites for hydroxylation is 3. The van der Waals surface area contributed by atoms with E-state index in [4.69, 9.17) is 9.72 Å². The standard InChI is InChI=1S/C26H37N5O4/c1-6-7-14-30-24-23(25(33)28-26(30)34)31(17-18(2)3)21(27-24)12-13-22(32)29(5)15-16-35-20-11-9-8-10-19(20)4/h8-11,18H,6-7,12-17H2,1-5H3,(H,28,33,34). The van der Waals surface area contributed by atoms with Crippen molar-refractivity contribution >= 4 is 17.1 Å². The van der Waals surface area contributed by atoms with Crippen LogP contribution in [0.5, 0.6) is 5.75 Å². The van der Waals surface area contributed by atoms with Gasteiger partial charge in [-0.1, -0.05) is 45.4 Å². The number of likely N-dealkylation sites (N-methyl/N-ethyl adjacent to an activating group) is 1. The third-order valence-corrected chi connectivity index (χ3v) is 6.01. The van der Waals surface area contributed by atoms with E-state index in [9.17, 15) is 14.4 Å². The van der Waals surface area contributed by atoms with Crippen LogP contribution in [0.15, 0.2) is 33.9 Å². The van der Waals surface area contributed by atoms with E-state index in [1.807, 2.05) is 42.7 Å². The Morgan fingerprint density at radius 3 is 2.63 bits per heavy atom. The number of H-pyrrole nitrogens is 1. The second-order valence-corrected chi connectivity index (χ2v) is 9.40. The van der Waals surface area contributed by atoms with Crippen LogP contribution in [-0.2, 0) is 24.3 Å². The number of carbonyl (C=O) groups is 1. The number of aromatic nitrogens is 4. The van der Waals surface area contributed by atoms with E-state index in [1.165, 1.54) is 4.57 Å². The van der Waals surface area contributed by atoms with Gasteiger partial charge >= 0.3 is 5.69 Å². The molecule has 0 bridgehead atoms. The normalized spacial score (nSPS) is 11.4. The molecule has 0 aliphatic heterocycles. The number of fused-ring (bicyclic) bond motifs is 1. The van der Waals surface area contributed by atoms with Gasteiger partial charge in [0.05, 0.1) is 6.54 Å². The zero-order chi connectivity index (χ0) is 25.5. The van der Waals surface area contributed by atoms with Gasteiger partial charge in [0.15, 0.2) is 11.2 Å². The fraction of sp³-hybridized carbons (Fsp3) is 0.538. The lowest BCUT2D eigenvalue weighted by atomic mass is 10.2. The van der Waals surface area contributed by atoms with Gasteiger partial charge in [-0.3, -0.25) is 19.1 Å². The van der Waals surface area contributed by atoms with Gasteiger partial charge in [-0.15, -0.1) is 0 Å². The lowest BCUT2D eigenvalue weighted by Gasteiger charge is -2.18. The number of nitrogens with zero attached hydrogens (tertiary/aromatic N) is 4. The fourth-order valence-electron chi connectivity index (χ4n) is 4.04. The molecule has 0 aliphatic carbocycles. The Morgan fingerprint density at radius 2 is 1.94 bits per heavy atom. The molecule has 9 heteroatoms. The van der Waals surface area contributed by atoms with Crippen LogP contribution in [0, 0.1) is 12.8 Å². The smallest absolute Gasteiger partial charge is 0.330 e. The molecular formula is C26H37N5O4. The van der Waals surface area contributed by atoms with Crippen molar-refractivity contribution in [2.75, 3.05) is 20.2 Å². The highest BCUT2D eigenvalue weighted by molar-refractivity contribution is 5.76. The van der Waals surface area contributed by atoms with E-state index in [0.29, 0.717) is 49.7 Å².